The zero-order valence-corrected chi connectivity index (χ0v) is 11.1. The van der Waals surface area contributed by atoms with Gasteiger partial charge in [-0.1, -0.05) is 13.5 Å². The molecule has 1 aliphatic rings. The summed E-state index contributed by atoms with van der Waals surface area (Å²) in [5.41, 5.74) is 2.40. The Balaban J connectivity index is 1.90. The van der Waals surface area contributed by atoms with Crippen LogP contribution in [0.25, 0.3) is 0 Å². The molecule has 1 saturated heterocycles. The van der Waals surface area contributed by atoms with Gasteiger partial charge < -0.3 is 15.0 Å². The fourth-order valence-electron chi connectivity index (χ4n) is 1.96. The summed E-state index contributed by atoms with van der Waals surface area (Å²) in [6, 6.07) is 8.35. The predicted octanol–water partition coefficient (Wildman–Crippen LogP) is 2.44. The number of hydrogen-bond acceptors (Lipinski definition) is 3. The summed E-state index contributed by atoms with van der Waals surface area (Å²) in [5.74, 6) is 0.920. The molecule has 0 aliphatic carbocycles. The van der Waals surface area contributed by atoms with Gasteiger partial charge in [-0.15, -0.1) is 0 Å². The monoisotopic (exact) mass is 246 g/mol. The molecule has 0 spiro atoms. The number of nitrogens with one attached hydrogen (secondary N) is 1. The summed E-state index contributed by atoms with van der Waals surface area (Å²) in [4.78, 5) is 2.39. The molecule has 0 bridgehead atoms. The van der Waals surface area contributed by atoms with E-state index in [0.29, 0.717) is 6.61 Å². The second kappa shape index (κ2) is 6.45. The van der Waals surface area contributed by atoms with Crippen molar-refractivity contribution >= 4 is 5.69 Å². The van der Waals surface area contributed by atoms with Crippen LogP contribution in [0.3, 0.4) is 0 Å². The Morgan fingerprint density at radius 3 is 2.56 bits per heavy atom. The minimum Gasteiger partial charge on any atom is -0.489 e. The fourth-order valence-corrected chi connectivity index (χ4v) is 1.96. The van der Waals surface area contributed by atoms with Crippen molar-refractivity contribution in [2.45, 2.75) is 13.3 Å². The summed E-state index contributed by atoms with van der Waals surface area (Å²) in [6.45, 7) is 10.9. The van der Waals surface area contributed by atoms with Crippen LogP contribution < -0.4 is 15.0 Å². The first-order valence-electron chi connectivity index (χ1n) is 6.65. The lowest BCUT2D eigenvalue weighted by atomic mass is 10.2. The van der Waals surface area contributed by atoms with Gasteiger partial charge in [0.25, 0.3) is 0 Å². The first-order chi connectivity index (χ1) is 8.79. The van der Waals surface area contributed by atoms with Crippen LogP contribution in [0.5, 0.6) is 5.75 Å². The third-order valence-electron chi connectivity index (χ3n) is 3.26. The molecule has 0 atom stereocenters. The number of piperazine rings is 1. The molecule has 1 heterocycles. The van der Waals surface area contributed by atoms with E-state index < -0.39 is 0 Å². The minimum atomic E-state index is 0.615. The SMILES string of the molecule is C=C(CC)COc1ccc(N2CCNCC2)cc1. The van der Waals surface area contributed by atoms with Gasteiger partial charge in [-0.25, -0.2) is 0 Å². The average molecular weight is 246 g/mol. The molecule has 0 amide bonds. The minimum absolute atomic E-state index is 0.615. The largest absolute Gasteiger partial charge is 0.489 e. The van der Waals surface area contributed by atoms with E-state index in [-0.39, 0.29) is 0 Å². The van der Waals surface area contributed by atoms with E-state index in [2.05, 4.69) is 35.9 Å². The highest BCUT2D eigenvalue weighted by molar-refractivity contribution is 5.49. The van der Waals surface area contributed by atoms with Crippen molar-refractivity contribution < 1.29 is 4.74 Å². The topological polar surface area (TPSA) is 24.5 Å². The van der Waals surface area contributed by atoms with Gasteiger partial charge in [-0.3, -0.25) is 0 Å². The Morgan fingerprint density at radius 2 is 1.94 bits per heavy atom. The van der Waals surface area contributed by atoms with Gasteiger partial charge in [-0.05, 0) is 36.3 Å². The second-order valence-corrected chi connectivity index (χ2v) is 4.62. The lowest BCUT2D eigenvalue weighted by molar-refractivity contribution is 0.349. The first-order valence-corrected chi connectivity index (χ1v) is 6.65. The quantitative estimate of drug-likeness (QED) is 0.808. The standard InChI is InChI=1S/C15H22N2O/c1-3-13(2)12-18-15-6-4-14(5-7-15)17-10-8-16-9-11-17/h4-7,16H,2-3,8-12H2,1H3. The van der Waals surface area contributed by atoms with E-state index >= 15 is 0 Å². The molecule has 1 fully saturated rings. The van der Waals surface area contributed by atoms with Gasteiger partial charge in [-0.2, -0.15) is 0 Å². The summed E-state index contributed by atoms with van der Waals surface area (Å²) < 4.78 is 5.67. The Kier molecular flexibility index (Phi) is 4.65. The highest BCUT2D eigenvalue weighted by Crippen LogP contribution is 2.20. The van der Waals surface area contributed by atoms with Crippen molar-refractivity contribution in [2.75, 3.05) is 37.7 Å². The van der Waals surface area contributed by atoms with Gasteiger partial charge >= 0.3 is 0 Å². The molecule has 0 unspecified atom stereocenters. The van der Waals surface area contributed by atoms with Gasteiger partial charge in [0.2, 0.25) is 0 Å². The third kappa shape index (κ3) is 3.50. The van der Waals surface area contributed by atoms with Crippen molar-refractivity contribution in [1.29, 1.82) is 0 Å². The van der Waals surface area contributed by atoms with Crippen molar-refractivity contribution in [1.82, 2.24) is 5.32 Å². The molecule has 98 valence electrons. The molecule has 0 saturated carbocycles. The normalized spacial score (nSPS) is 15.5. The molecule has 1 aromatic rings. The fraction of sp³-hybridized carbons (Fsp3) is 0.467. The van der Waals surface area contributed by atoms with Gasteiger partial charge in [0, 0.05) is 31.9 Å². The lowest BCUT2D eigenvalue weighted by Gasteiger charge is -2.29. The molecule has 1 aliphatic heterocycles. The third-order valence-corrected chi connectivity index (χ3v) is 3.26. The van der Waals surface area contributed by atoms with Crippen LogP contribution in [0.2, 0.25) is 0 Å². The summed E-state index contributed by atoms with van der Waals surface area (Å²) in [7, 11) is 0. The zero-order valence-electron chi connectivity index (χ0n) is 11.1. The van der Waals surface area contributed by atoms with Gasteiger partial charge in [0.15, 0.2) is 0 Å². The van der Waals surface area contributed by atoms with Crippen LogP contribution in [0, 0.1) is 0 Å². The number of ether oxygens (including phenoxy) is 1. The number of benzene rings is 1. The molecule has 0 radical (unpaired) electrons. The molecule has 1 aromatic carbocycles. The molecule has 2 rings (SSSR count). The van der Waals surface area contributed by atoms with E-state index in [1.807, 2.05) is 12.1 Å². The second-order valence-electron chi connectivity index (χ2n) is 4.62. The molecule has 18 heavy (non-hydrogen) atoms. The number of nitrogens with zero attached hydrogens (tertiary/aromatic N) is 1. The summed E-state index contributed by atoms with van der Waals surface area (Å²) in [6.07, 6.45) is 0.971. The van der Waals surface area contributed by atoms with Crippen LogP contribution in [-0.4, -0.2) is 32.8 Å². The van der Waals surface area contributed by atoms with Crippen molar-refractivity contribution in [3.05, 3.63) is 36.4 Å². The van der Waals surface area contributed by atoms with Crippen LogP contribution in [0.4, 0.5) is 5.69 Å². The number of anilines is 1. The Morgan fingerprint density at radius 1 is 1.28 bits per heavy atom. The van der Waals surface area contributed by atoms with Crippen LogP contribution in [-0.2, 0) is 0 Å². The lowest BCUT2D eigenvalue weighted by Crippen LogP contribution is -2.43. The van der Waals surface area contributed by atoms with Crippen molar-refractivity contribution in [3.63, 3.8) is 0 Å². The summed E-state index contributed by atoms with van der Waals surface area (Å²) >= 11 is 0. The van der Waals surface area contributed by atoms with E-state index in [1.165, 1.54) is 5.69 Å². The van der Waals surface area contributed by atoms with E-state index in [4.69, 9.17) is 4.74 Å². The molecule has 3 nitrogen and oxygen atoms in total. The Hall–Kier alpha value is -1.48. The predicted molar refractivity (Wildman–Crippen MR) is 76.5 cm³/mol. The maximum atomic E-state index is 5.67. The van der Waals surface area contributed by atoms with Crippen LogP contribution >= 0.6 is 0 Å². The number of hydrogen-bond donors (Lipinski definition) is 1. The van der Waals surface area contributed by atoms with Crippen molar-refractivity contribution in [3.8, 4) is 5.75 Å². The zero-order chi connectivity index (χ0) is 12.8. The first kappa shape index (κ1) is 13.0. The molecule has 0 aromatic heterocycles. The van der Waals surface area contributed by atoms with Crippen LogP contribution in [0.15, 0.2) is 36.4 Å². The maximum absolute atomic E-state index is 5.67. The molecule has 3 heteroatoms. The Bertz CT molecular complexity index is 380. The number of rotatable bonds is 5. The van der Waals surface area contributed by atoms with Crippen molar-refractivity contribution in [2.24, 2.45) is 0 Å². The Labute approximate surface area is 109 Å². The van der Waals surface area contributed by atoms with Crippen LogP contribution in [0.1, 0.15) is 13.3 Å². The van der Waals surface area contributed by atoms with E-state index in [0.717, 1.165) is 43.9 Å². The smallest absolute Gasteiger partial charge is 0.119 e. The van der Waals surface area contributed by atoms with E-state index in [1.54, 1.807) is 0 Å². The summed E-state index contributed by atoms with van der Waals surface area (Å²) in [5, 5.41) is 3.36. The molecular formula is C15H22N2O. The highest BCUT2D eigenvalue weighted by Gasteiger charge is 2.09. The molecular weight excluding hydrogens is 224 g/mol. The van der Waals surface area contributed by atoms with Gasteiger partial charge in [0.05, 0.1) is 0 Å². The van der Waals surface area contributed by atoms with E-state index in [9.17, 15) is 0 Å². The highest BCUT2D eigenvalue weighted by atomic mass is 16.5. The molecule has 1 N–H and O–H groups in total. The van der Waals surface area contributed by atoms with Gasteiger partial charge in [0.1, 0.15) is 12.4 Å². The average Bonchev–Trinajstić information content (AvgIpc) is 2.46. The maximum Gasteiger partial charge on any atom is 0.119 e.